The molecule has 1 atom stereocenters. The predicted molar refractivity (Wildman–Crippen MR) is 27.0 cm³/mol. The number of nitrogens with one attached hydrogen (secondary N) is 1. The molecule has 0 amide bonds. The summed E-state index contributed by atoms with van der Waals surface area (Å²) in [6.45, 7) is -12.5. The third-order valence-corrected chi connectivity index (χ3v) is 0.228. The van der Waals surface area contributed by atoms with Gasteiger partial charge in [0.15, 0.2) is 0 Å². The summed E-state index contributed by atoms with van der Waals surface area (Å²) in [7, 11) is 0. The van der Waals surface area contributed by atoms with Crippen molar-refractivity contribution in [2.45, 2.75) is 0 Å². The Kier molecular flexibility index (Phi) is 1.04. The number of aliphatic hydroxyl groups excluding tert-OH is 1. The average Bonchev–Trinajstić information content (AvgIpc) is 2.00. The normalized spacial score (nSPS) is 37.6. The molecule has 0 saturated heterocycles. The van der Waals surface area contributed by atoms with E-state index >= 15 is 0 Å². The summed E-state index contributed by atoms with van der Waals surface area (Å²) in [6.07, 6.45) is 0. The topological polar surface area (TPSA) is 52.5 Å². The molecule has 0 aromatic carbocycles. The molecule has 3 N–H and O–H groups in total. The maximum absolute atomic E-state index is 8.75. The second kappa shape index (κ2) is 5.88. The van der Waals surface area contributed by atoms with Crippen LogP contribution in [0.25, 0.3) is 0 Å². The lowest BCUT2D eigenvalue weighted by Crippen LogP contribution is -2.21. The second-order valence-electron chi connectivity index (χ2n) is 0.594. The highest BCUT2D eigenvalue weighted by Crippen LogP contribution is 1.54. The first-order valence-electron chi connectivity index (χ1n) is 5.49. The lowest BCUT2D eigenvalue weighted by molar-refractivity contribution is 0.267. The standard InChI is InChI=1S/C4H11NO2/c6-3-1-5-2-4-7/h5-7H,1-4H2/i1D2,2D2,3D,4D2/hD. The SMILES string of the molecule is [2H]C(O)C([2H])([2H])N([2H])C([2H])([2H])C([2H])([2H])O. The Morgan fingerprint density at radius 2 is 2.29 bits per heavy atom. The Labute approximate surface area is 54.3 Å². The highest BCUT2D eigenvalue weighted by atomic mass is 16.3. The molecule has 1 unspecified atom stereocenters. The van der Waals surface area contributed by atoms with Crippen molar-refractivity contribution < 1.29 is 21.2 Å². The second-order valence-corrected chi connectivity index (χ2v) is 0.594. The molecule has 0 spiro atoms. The summed E-state index contributed by atoms with van der Waals surface area (Å²) in [5.74, 6) is 0. The summed E-state index contributed by atoms with van der Waals surface area (Å²) >= 11 is 0. The van der Waals surface area contributed by atoms with E-state index < -0.39 is 31.4 Å². The number of rotatable bonds is 4. The van der Waals surface area contributed by atoms with Gasteiger partial charge >= 0.3 is 0 Å². The summed E-state index contributed by atoms with van der Waals surface area (Å²) in [5.41, 5.74) is 0. The Balaban J connectivity index is 5.09. The fourth-order valence-corrected chi connectivity index (χ4v) is 0.0861. The number of aliphatic hydroxyl groups is 2. The van der Waals surface area contributed by atoms with Crippen LogP contribution in [0.2, 0.25) is 1.41 Å². The minimum atomic E-state index is -3.50. The lowest BCUT2D eigenvalue weighted by atomic mass is 10.6. The molecular weight excluding hydrogens is 94.0 g/mol. The zero-order chi connectivity index (χ0) is 12.7. The fraction of sp³-hybridized carbons (Fsp3) is 1.00. The van der Waals surface area contributed by atoms with Crippen molar-refractivity contribution in [1.29, 1.82) is 0 Å². The van der Waals surface area contributed by atoms with E-state index in [2.05, 4.69) is 0 Å². The molecular formula is C4H11NO2. The van der Waals surface area contributed by atoms with Crippen LogP contribution in [-0.2, 0) is 0 Å². The van der Waals surface area contributed by atoms with Crippen LogP contribution in [0, 0.1) is 0 Å². The summed E-state index contributed by atoms with van der Waals surface area (Å²) in [4.78, 5) is 0. The fourth-order valence-electron chi connectivity index (χ4n) is 0.0861. The van der Waals surface area contributed by atoms with Crippen LogP contribution < -0.4 is 5.31 Å². The van der Waals surface area contributed by atoms with E-state index in [1.54, 1.807) is 0 Å². The third-order valence-electron chi connectivity index (χ3n) is 0.228. The van der Waals surface area contributed by atoms with Gasteiger partial charge in [0.1, 0.15) is 1.41 Å². The first-order chi connectivity index (χ1) is 6.35. The van der Waals surface area contributed by atoms with Gasteiger partial charge in [-0.2, -0.15) is 0 Å². The minimum Gasteiger partial charge on any atom is -0.395 e. The van der Waals surface area contributed by atoms with Crippen molar-refractivity contribution in [3.05, 3.63) is 0 Å². The van der Waals surface area contributed by atoms with Crippen LogP contribution in [0.3, 0.4) is 0 Å². The molecule has 7 heavy (non-hydrogen) atoms. The van der Waals surface area contributed by atoms with Crippen LogP contribution in [0.15, 0.2) is 0 Å². The molecule has 0 aliphatic rings. The van der Waals surface area contributed by atoms with E-state index in [-0.39, 0.29) is 0 Å². The maximum atomic E-state index is 8.75. The van der Waals surface area contributed by atoms with Crippen LogP contribution in [0.4, 0.5) is 0 Å². The molecule has 44 valence electrons. The lowest BCUT2D eigenvalue weighted by Gasteiger charge is -1.94. The van der Waals surface area contributed by atoms with Gasteiger partial charge in [0.2, 0.25) is 0 Å². The number of hydrogen-bond acceptors (Lipinski definition) is 3. The van der Waals surface area contributed by atoms with Gasteiger partial charge in [-0.05, 0) is 0 Å². The predicted octanol–water partition coefficient (Wildman–Crippen LogP) is -1.44. The average molecular weight is 113 g/mol. The van der Waals surface area contributed by atoms with Crippen molar-refractivity contribution >= 4 is 0 Å². The summed E-state index contributed by atoms with van der Waals surface area (Å²) in [5, 5.41) is 16.8. The maximum Gasteiger partial charge on any atom is 0.122 e. The molecule has 3 nitrogen and oxygen atoms in total. The van der Waals surface area contributed by atoms with Crippen molar-refractivity contribution in [2.75, 3.05) is 26.1 Å². The molecule has 0 rings (SSSR count). The molecule has 0 radical (unpaired) electrons. The molecule has 0 aromatic rings. The van der Waals surface area contributed by atoms with Gasteiger partial charge in [-0.25, -0.2) is 0 Å². The Bertz CT molecular complexity index is 225. The number of hydrogen-bond donors (Lipinski definition) is 3. The molecule has 0 saturated carbocycles. The Morgan fingerprint density at radius 1 is 1.57 bits per heavy atom. The molecule has 0 aliphatic carbocycles. The van der Waals surface area contributed by atoms with Crippen molar-refractivity contribution in [3.63, 3.8) is 0 Å². The Hall–Kier alpha value is -0.120. The monoisotopic (exact) mass is 113 g/mol. The van der Waals surface area contributed by atoms with Gasteiger partial charge in [-0.3, -0.25) is 0 Å². The van der Waals surface area contributed by atoms with E-state index in [0.29, 0.717) is 0 Å². The largest absolute Gasteiger partial charge is 0.395 e. The molecule has 0 fully saturated rings. The highest BCUT2D eigenvalue weighted by molar-refractivity contribution is 4.39. The first-order valence-corrected chi connectivity index (χ1v) is 1.47. The van der Waals surface area contributed by atoms with Crippen LogP contribution in [0.5, 0.6) is 0 Å². The van der Waals surface area contributed by atoms with Gasteiger partial charge in [-0.15, -0.1) is 0 Å². The minimum absolute atomic E-state index is 0.613. The van der Waals surface area contributed by atoms with Crippen LogP contribution in [0.1, 0.15) is 9.60 Å². The molecule has 0 heterocycles. The zero-order valence-corrected chi connectivity index (χ0v) is 3.42. The molecule has 0 aromatic heterocycles. The van der Waals surface area contributed by atoms with Crippen molar-refractivity contribution in [1.82, 2.24) is 5.31 Å². The smallest absolute Gasteiger partial charge is 0.122 e. The van der Waals surface area contributed by atoms with Gasteiger partial charge in [0.05, 0.1) is 17.3 Å². The van der Waals surface area contributed by atoms with Crippen LogP contribution >= 0.6 is 0 Å². The van der Waals surface area contributed by atoms with E-state index in [9.17, 15) is 0 Å². The van der Waals surface area contributed by atoms with Gasteiger partial charge in [0, 0.05) is 18.5 Å². The van der Waals surface area contributed by atoms with Gasteiger partial charge in [0.25, 0.3) is 0 Å². The van der Waals surface area contributed by atoms with E-state index in [4.69, 9.17) is 21.2 Å². The highest BCUT2D eigenvalue weighted by Gasteiger charge is 1.78. The summed E-state index contributed by atoms with van der Waals surface area (Å²) < 4.78 is 54.8. The van der Waals surface area contributed by atoms with Crippen molar-refractivity contribution in [2.24, 2.45) is 0 Å². The van der Waals surface area contributed by atoms with Gasteiger partial charge < -0.3 is 15.5 Å². The first kappa shape index (κ1) is 1.23. The molecule has 0 aliphatic heterocycles. The third kappa shape index (κ3) is 5.88. The van der Waals surface area contributed by atoms with E-state index in [1.165, 1.54) is 0 Å². The molecule has 0 bridgehead atoms. The zero-order valence-electron chi connectivity index (χ0n) is 11.4. The van der Waals surface area contributed by atoms with E-state index in [1.807, 2.05) is 0 Å². The summed E-state index contributed by atoms with van der Waals surface area (Å²) in [6, 6.07) is 0. The quantitative estimate of drug-likeness (QED) is 0.418. The van der Waals surface area contributed by atoms with Crippen molar-refractivity contribution in [3.8, 4) is 0 Å². The molecule has 3 heteroatoms. The van der Waals surface area contributed by atoms with Crippen LogP contribution in [-0.4, -0.2) is 36.3 Å². The van der Waals surface area contributed by atoms with E-state index in [0.717, 1.165) is 0 Å². The van der Waals surface area contributed by atoms with Gasteiger partial charge in [-0.1, -0.05) is 0 Å². The Morgan fingerprint density at radius 3 is 2.71 bits per heavy atom.